The van der Waals surface area contributed by atoms with Crippen LogP contribution in [0.15, 0.2) is 54.6 Å². The Kier molecular flexibility index (Phi) is 8.82. The van der Waals surface area contributed by atoms with Gasteiger partial charge in [-0.25, -0.2) is 0 Å². The van der Waals surface area contributed by atoms with E-state index in [4.69, 9.17) is 16.3 Å². The summed E-state index contributed by atoms with van der Waals surface area (Å²) in [6.07, 6.45) is 1.21. The highest BCUT2D eigenvalue weighted by Gasteiger charge is 2.28. The van der Waals surface area contributed by atoms with Crippen LogP contribution < -0.4 is 10.1 Å². The molecule has 0 aliphatic rings. The standard InChI is InChI=1S/C22H27ClN2O3/c1-3-20(22(27)24-4-2)25(15-14-17-8-6-5-7-9-17)21(26)16-28-19-12-10-18(23)11-13-19/h5-13,20H,3-4,14-16H2,1-2H3,(H,24,27)/t20-/m0/s1. The lowest BCUT2D eigenvalue weighted by molar-refractivity contribution is -0.142. The SMILES string of the molecule is CCNC(=O)[C@H](CC)N(CCc1ccccc1)C(=O)COc1ccc(Cl)cc1. The molecule has 2 aromatic rings. The quantitative estimate of drug-likeness (QED) is 0.659. The molecular weight excluding hydrogens is 376 g/mol. The maximum Gasteiger partial charge on any atom is 0.261 e. The van der Waals surface area contributed by atoms with Gasteiger partial charge >= 0.3 is 0 Å². The fourth-order valence-corrected chi connectivity index (χ4v) is 3.07. The van der Waals surface area contributed by atoms with Crippen LogP contribution in [0.25, 0.3) is 0 Å². The van der Waals surface area contributed by atoms with Crippen molar-refractivity contribution < 1.29 is 14.3 Å². The summed E-state index contributed by atoms with van der Waals surface area (Å²) in [5.74, 6) is 0.203. The normalized spacial score (nSPS) is 11.5. The van der Waals surface area contributed by atoms with Gasteiger partial charge in [-0.1, -0.05) is 48.9 Å². The molecule has 1 N–H and O–H groups in total. The molecule has 0 aliphatic carbocycles. The van der Waals surface area contributed by atoms with Crippen molar-refractivity contribution in [3.63, 3.8) is 0 Å². The molecule has 0 saturated heterocycles. The number of halogens is 1. The molecule has 0 bridgehead atoms. The fourth-order valence-electron chi connectivity index (χ4n) is 2.95. The van der Waals surface area contributed by atoms with Crippen LogP contribution >= 0.6 is 11.6 Å². The van der Waals surface area contributed by atoms with Crippen LogP contribution in [-0.4, -0.2) is 42.5 Å². The Morgan fingerprint density at radius 3 is 2.36 bits per heavy atom. The van der Waals surface area contributed by atoms with E-state index in [1.54, 1.807) is 29.2 Å². The number of nitrogens with zero attached hydrogens (tertiary/aromatic N) is 1. The van der Waals surface area contributed by atoms with E-state index in [9.17, 15) is 9.59 Å². The van der Waals surface area contributed by atoms with E-state index in [0.29, 0.717) is 36.7 Å². The second-order valence-corrected chi connectivity index (χ2v) is 6.82. The van der Waals surface area contributed by atoms with E-state index in [1.807, 2.05) is 44.2 Å². The first-order valence-electron chi connectivity index (χ1n) is 9.54. The zero-order valence-corrected chi connectivity index (χ0v) is 17.1. The first kappa shape index (κ1) is 21.8. The highest BCUT2D eigenvalue weighted by molar-refractivity contribution is 6.30. The number of amides is 2. The number of carbonyl (C=O) groups is 2. The van der Waals surface area contributed by atoms with Gasteiger partial charge in [-0.2, -0.15) is 0 Å². The molecule has 0 aromatic heterocycles. The third-order valence-corrected chi connectivity index (χ3v) is 4.65. The lowest BCUT2D eigenvalue weighted by atomic mass is 10.1. The van der Waals surface area contributed by atoms with Crippen molar-refractivity contribution in [2.24, 2.45) is 0 Å². The Morgan fingerprint density at radius 2 is 1.75 bits per heavy atom. The molecule has 1 atom stereocenters. The van der Waals surface area contributed by atoms with Crippen molar-refractivity contribution in [1.29, 1.82) is 0 Å². The maximum absolute atomic E-state index is 12.9. The molecule has 2 rings (SSSR count). The van der Waals surface area contributed by atoms with Crippen LogP contribution in [0.1, 0.15) is 25.8 Å². The molecule has 28 heavy (non-hydrogen) atoms. The monoisotopic (exact) mass is 402 g/mol. The van der Waals surface area contributed by atoms with Gasteiger partial charge in [0.1, 0.15) is 11.8 Å². The second-order valence-electron chi connectivity index (χ2n) is 6.38. The lowest BCUT2D eigenvalue weighted by Crippen LogP contribution is -2.51. The van der Waals surface area contributed by atoms with Crippen molar-refractivity contribution in [2.45, 2.75) is 32.7 Å². The zero-order chi connectivity index (χ0) is 20.4. The van der Waals surface area contributed by atoms with Gasteiger partial charge in [0, 0.05) is 18.1 Å². The Morgan fingerprint density at radius 1 is 1.07 bits per heavy atom. The Balaban J connectivity index is 2.09. The summed E-state index contributed by atoms with van der Waals surface area (Å²) < 4.78 is 5.61. The van der Waals surface area contributed by atoms with Crippen LogP contribution in [0.2, 0.25) is 5.02 Å². The summed E-state index contributed by atoms with van der Waals surface area (Å²) in [5, 5.41) is 3.42. The Bertz CT molecular complexity index is 750. The summed E-state index contributed by atoms with van der Waals surface area (Å²) in [6.45, 7) is 4.61. The van der Waals surface area contributed by atoms with E-state index < -0.39 is 6.04 Å². The number of carbonyl (C=O) groups excluding carboxylic acids is 2. The predicted molar refractivity (Wildman–Crippen MR) is 112 cm³/mol. The molecule has 2 amide bonds. The Hall–Kier alpha value is -2.53. The maximum atomic E-state index is 12.9. The lowest BCUT2D eigenvalue weighted by Gasteiger charge is -2.30. The summed E-state index contributed by atoms with van der Waals surface area (Å²) in [7, 11) is 0. The first-order valence-corrected chi connectivity index (χ1v) is 9.92. The van der Waals surface area contributed by atoms with Crippen LogP contribution in [0, 0.1) is 0 Å². The van der Waals surface area contributed by atoms with Crippen molar-refractivity contribution in [2.75, 3.05) is 19.7 Å². The number of nitrogens with one attached hydrogen (secondary N) is 1. The molecule has 2 aromatic carbocycles. The van der Waals surface area contributed by atoms with E-state index in [-0.39, 0.29) is 18.4 Å². The summed E-state index contributed by atoms with van der Waals surface area (Å²) >= 11 is 5.87. The average molecular weight is 403 g/mol. The highest BCUT2D eigenvalue weighted by atomic mass is 35.5. The molecule has 5 nitrogen and oxygen atoms in total. The number of hydrogen-bond acceptors (Lipinski definition) is 3. The first-order chi connectivity index (χ1) is 13.5. The molecular formula is C22H27ClN2O3. The fraction of sp³-hybridized carbons (Fsp3) is 0.364. The van der Waals surface area contributed by atoms with Gasteiger partial charge < -0.3 is 15.0 Å². The molecule has 0 unspecified atom stereocenters. The molecule has 0 aliphatic heterocycles. The summed E-state index contributed by atoms with van der Waals surface area (Å²) in [5.41, 5.74) is 1.12. The number of ether oxygens (including phenoxy) is 1. The Labute approximate surface area is 171 Å². The molecule has 0 saturated carbocycles. The van der Waals surface area contributed by atoms with Gasteiger partial charge in [0.25, 0.3) is 5.91 Å². The van der Waals surface area contributed by atoms with Crippen LogP contribution in [-0.2, 0) is 16.0 Å². The largest absolute Gasteiger partial charge is 0.484 e. The van der Waals surface area contributed by atoms with Gasteiger partial charge in [0.2, 0.25) is 5.91 Å². The third kappa shape index (κ3) is 6.57. The van der Waals surface area contributed by atoms with Crippen LogP contribution in [0.4, 0.5) is 0 Å². The number of rotatable bonds is 10. The number of hydrogen-bond donors (Lipinski definition) is 1. The molecule has 150 valence electrons. The van der Waals surface area contributed by atoms with Gasteiger partial charge in [-0.3, -0.25) is 9.59 Å². The predicted octanol–water partition coefficient (Wildman–Crippen LogP) is 3.70. The topological polar surface area (TPSA) is 58.6 Å². The van der Waals surface area contributed by atoms with Gasteiger partial charge in [0.15, 0.2) is 6.61 Å². The van der Waals surface area contributed by atoms with E-state index in [1.165, 1.54) is 0 Å². The molecule has 0 radical (unpaired) electrons. The van der Waals surface area contributed by atoms with Crippen molar-refractivity contribution in [1.82, 2.24) is 10.2 Å². The number of likely N-dealkylation sites (N-methyl/N-ethyl adjacent to an activating group) is 1. The van der Waals surface area contributed by atoms with Crippen molar-refractivity contribution in [3.8, 4) is 5.75 Å². The van der Waals surface area contributed by atoms with Crippen molar-refractivity contribution >= 4 is 23.4 Å². The molecule has 0 heterocycles. The molecule has 0 spiro atoms. The summed E-state index contributed by atoms with van der Waals surface area (Å²) in [6, 6.07) is 16.2. The average Bonchev–Trinajstić information content (AvgIpc) is 2.71. The minimum absolute atomic E-state index is 0.133. The van der Waals surface area contributed by atoms with E-state index >= 15 is 0 Å². The van der Waals surface area contributed by atoms with Gasteiger partial charge in [-0.05, 0) is 49.6 Å². The highest BCUT2D eigenvalue weighted by Crippen LogP contribution is 2.16. The van der Waals surface area contributed by atoms with Gasteiger partial charge in [0.05, 0.1) is 0 Å². The summed E-state index contributed by atoms with van der Waals surface area (Å²) in [4.78, 5) is 27.0. The zero-order valence-electron chi connectivity index (χ0n) is 16.4. The van der Waals surface area contributed by atoms with Gasteiger partial charge in [-0.15, -0.1) is 0 Å². The molecule has 0 fully saturated rings. The van der Waals surface area contributed by atoms with Crippen LogP contribution in [0.5, 0.6) is 5.75 Å². The van der Waals surface area contributed by atoms with E-state index in [0.717, 1.165) is 5.56 Å². The van der Waals surface area contributed by atoms with E-state index in [2.05, 4.69) is 5.32 Å². The number of benzene rings is 2. The third-order valence-electron chi connectivity index (χ3n) is 4.40. The smallest absolute Gasteiger partial charge is 0.261 e. The minimum atomic E-state index is -0.523. The van der Waals surface area contributed by atoms with Crippen LogP contribution in [0.3, 0.4) is 0 Å². The second kappa shape index (κ2) is 11.3. The van der Waals surface area contributed by atoms with Crippen molar-refractivity contribution in [3.05, 3.63) is 65.2 Å². The minimum Gasteiger partial charge on any atom is -0.484 e. The molecule has 6 heteroatoms.